The Kier molecular flexibility index (Phi) is 7.91. The Balaban J connectivity index is 0.00000144. The Morgan fingerprint density at radius 1 is 1.28 bits per heavy atom. The maximum Gasteiger partial charge on any atom is 0.272 e. The molecule has 0 aromatic carbocycles. The summed E-state index contributed by atoms with van der Waals surface area (Å²) in [7, 11) is 0. The highest BCUT2D eigenvalue weighted by molar-refractivity contribution is 5.92. The van der Waals surface area contributed by atoms with E-state index in [1.165, 1.54) is 0 Å². The molecule has 0 aliphatic carbocycles. The van der Waals surface area contributed by atoms with Gasteiger partial charge in [0, 0.05) is 25.3 Å². The number of aryl methyl sites for hydroxylation is 1. The molecule has 0 atom stereocenters. The van der Waals surface area contributed by atoms with Gasteiger partial charge in [0.1, 0.15) is 5.69 Å². The van der Waals surface area contributed by atoms with Crippen LogP contribution < -0.4 is 5.32 Å². The van der Waals surface area contributed by atoms with E-state index in [-0.39, 0.29) is 30.7 Å². The molecule has 2 rings (SSSR count). The molecule has 1 amide bonds. The van der Waals surface area contributed by atoms with Gasteiger partial charge in [0.2, 0.25) is 0 Å². The van der Waals surface area contributed by atoms with Crippen LogP contribution in [0.15, 0.2) is 18.2 Å². The van der Waals surface area contributed by atoms with Gasteiger partial charge >= 0.3 is 0 Å². The van der Waals surface area contributed by atoms with Gasteiger partial charge in [-0.1, -0.05) is 6.07 Å². The average molecular weight is 292 g/mol. The molecule has 0 bridgehead atoms. The molecule has 0 saturated carbocycles. The molecule has 2 heterocycles. The minimum atomic E-state index is 0. The predicted molar refractivity (Wildman–Crippen MR) is 76.9 cm³/mol. The SMILES string of the molecule is Cc1cccc(C(=O)N2CCCNCC2)n1.Cl.Cl. The van der Waals surface area contributed by atoms with Gasteiger partial charge < -0.3 is 10.2 Å². The van der Waals surface area contributed by atoms with E-state index in [1.54, 1.807) is 6.07 Å². The number of hydrogen-bond donors (Lipinski definition) is 1. The lowest BCUT2D eigenvalue weighted by molar-refractivity contribution is 0.0760. The number of hydrogen-bond acceptors (Lipinski definition) is 3. The molecule has 1 saturated heterocycles. The van der Waals surface area contributed by atoms with E-state index in [0.29, 0.717) is 5.69 Å². The molecule has 1 aliphatic rings. The molecule has 0 unspecified atom stereocenters. The summed E-state index contributed by atoms with van der Waals surface area (Å²) < 4.78 is 0. The van der Waals surface area contributed by atoms with Crippen LogP contribution in [0.2, 0.25) is 0 Å². The fraction of sp³-hybridized carbons (Fsp3) is 0.500. The van der Waals surface area contributed by atoms with Gasteiger partial charge in [-0.3, -0.25) is 4.79 Å². The molecule has 18 heavy (non-hydrogen) atoms. The van der Waals surface area contributed by atoms with Gasteiger partial charge in [-0.15, -0.1) is 24.8 Å². The van der Waals surface area contributed by atoms with Crippen LogP contribution in [0.5, 0.6) is 0 Å². The van der Waals surface area contributed by atoms with Crippen molar-refractivity contribution >= 4 is 30.7 Å². The largest absolute Gasteiger partial charge is 0.336 e. The fourth-order valence-corrected chi connectivity index (χ4v) is 1.87. The molecular weight excluding hydrogens is 273 g/mol. The highest BCUT2D eigenvalue weighted by Gasteiger charge is 2.17. The normalized spacial score (nSPS) is 15.1. The van der Waals surface area contributed by atoms with Crippen molar-refractivity contribution in [3.63, 3.8) is 0 Å². The molecule has 1 fully saturated rings. The van der Waals surface area contributed by atoms with Crippen LogP contribution in [0.3, 0.4) is 0 Å². The average Bonchev–Trinajstić information content (AvgIpc) is 2.56. The summed E-state index contributed by atoms with van der Waals surface area (Å²) in [6, 6.07) is 5.57. The van der Waals surface area contributed by atoms with Crippen molar-refractivity contribution in [2.45, 2.75) is 13.3 Å². The van der Waals surface area contributed by atoms with Gasteiger partial charge in [0.25, 0.3) is 5.91 Å². The van der Waals surface area contributed by atoms with Crippen LogP contribution in [0.1, 0.15) is 22.6 Å². The molecule has 4 nitrogen and oxygen atoms in total. The third kappa shape index (κ3) is 4.44. The third-order valence-electron chi connectivity index (χ3n) is 2.73. The zero-order chi connectivity index (χ0) is 11.4. The van der Waals surface area contributed by atoms with Crippen LogP contribution in [-0.4, -0.2) is 42.0 Å². The number of nitrogens with one attached hydrogen (secondary N) is 1. The topological polar surface area (TPSA) is 45.2 Å². The first-order chi connectivity index (χ1) is 7.77. The highest BCUT2D eigenvalue weighted by Crippen LogP contribution is 2.05. The zero-order valence-electron chi connectivity index (χ0n) is 10.4. The van der Waals surface area contributed by atoms with E-state index >= 15 is 0 Å². The molecular formula is C12H19Cl2N3O. The number of rotatable bonds is 1. The second kappa shape index (κ2) is 8.29. The van der Waals surface area contributed by atoms with E-state index in [0.717, 1.165) is 38.3 Å². The third-order valence-corrected chi connectivity index (χ3v) is 2.73. The number of amides is 1. The second-order valence-electron chi connectivity index (χ2n) is 4.06. The van der Waals surface area contributed by atoms with Gasteiger partial charge in [-0.05, 0) is 32.0 Å². The van der Waals surface area contributed by atoms with Crippen molar-refractivity contribution in [3.8, 4) is 0 Å². The first-order valence-corrected chi connectivity index (χ1v) is 5.71. The van der Waals surface area contributed by atoms with Crippen LogP contribution in [0.4, 0.5) is 0 Å². The van der Waals surface area contributed by atoms with Crippen molar-refractivity contribution in [2.75, 3.05) is 26.2 Å². The lowest BCUT2D eigenvalue weighted by atomic mass is 10.2. The number of carbonyl (C=O) groups excluding carboxylic acids is 1. The van der Waals surface area contributed by atoms with Gasteiger partial charge in [-0.2, -0.15) is 0 Å². The van der Waals surface area contributed by atoms with Crippen molar-refractivity contribution in [1.82, 2.24) is 15.2 Å². The van der Waals surface area contributed by atoms with Crippen molar-refractivity contribution in [1.29, 1.82) is 0 Å². The first kappa shape index (κ1) is 17.2. The van der Waals surface area contributed by atoms with Crippen molar-refractivity contribution in [2.24, 2.45) is 0 Å². The quantitative estimate of drug-likeness (QED) is 0.856. The Bertz CT molecular complexity index is 379. The van der Waals surface area contributed by atoms with Crippen molar-refractivity contribution in [3.05, 3.63) is 29.6 Å². The van der Waals surface area contributed by atoms with Gasteiger partial charge in [0.15, 0.2) is 0 Å². The van der Waals surface area contributed by atoms with Crippen molar-refractivity contribution < 1.29 is 4.79 Å². The van der Waals surface area contributed by atoms with Gasteiger partial charge in [-0.25, -0.2) is 4.98 Å². The van der Waals surface area contributed by atoms with Gasteiger partial charge in [0.05, 0.1) is 0 Å². The Hall–Kier alpha value is -0.840. The molecule has 1 N–H and O–H groups in total. The Labute approximate surface area is 120 Å². The molecule has 6 heteroatoms. The summed E-state index contributed by atoms with van der Waals surface area (Å²) in [5.41, 5.74) is 1.45. The summed E-state index contributed by atoms with van der Waals surface area (Å²) in [6.07, 6.45) is 1.01. The number of carbonyl (C=O) groups is 1. The van der Waals surface area contributed by atoms with E-state index in [2.05, 4.69) is 10.3 Å². The standard InChI is InChI=1S/C12H17N3O.2ClH/c1-10-4-2-5-11(14-10)12(16)15-8-3-6-13-7-9-15;;/h2,4-5,13H,3,6-9H2,1H3;2*1H. The predicted octanol–water partition coefficient (Wildman–Crippen LogP) is 1.67. The van der Waals surface area contributed by atoms with Crippen LogP contribution in [0.25, 0.3) is 0 Å². The summed E-state index contributed by atoms with van der Waals surface area (Å²) in [4.78, 5) is 18.3. The van der Waals surface area contributed by atoms with E-state index in [1.807, 2.05) is 24.0 Å². The first-order valence-electron chi connectivity index (χ1n) is 5.71. The number of aromatic nitrogens is 1. The number of pyridine rings is 1. The smallest absolute Gasteiger partial charge is 0.272 e. The minimum Gasteiger partial charge on any atom is -0.336 e. The number of nitrogens with zero attached hydrogens (tertiary/aromatic N) is 2. The summed E-state index contributed by atoms with van der Waals surface area (Å²) in [5, 5.41) is 3.28. The highest BCUT2D eigenvalue weighted by atomic mass is 35.5. The summed E-state index contributed by atoms with van der Waals surface area (Å²) in [6.45, 7) is 5.36. The number of halogens is 2. The molecule has 1 aromatic heterocycles. The summed E-state index contributed by atoms with van der Waals surface area (Å²) in [5.74, 6) is 0.0485. The molecule has 0 spiro atoms. The Morgan fingerprint density at radius 3 is 2.78 bits per heavy atom. The van der Waals surface area contributed by atoms with E-state index in [4.69, 9.17) is 0 Å². The Morgan fingerprint density at radius 2 is 2.06 bits per heavy atom. The second-order valence-corrected chi connectivity index (χ2v) is 4.06. The zero-order valence-corrected chi connectivity index (χ0v) is 12.0. The maximum atomic E-state index is 12.1. The maximum absolute atomic E-state index is 12.1. The monoisotopic (exact) mass is 291 g/mol. The minimum absolute atomic E-state index is 0. The summed E-state index contributed by atoms with van der Waals surface area (Å²) >= 11 is 0. The molecule has 1 aliphatic heterocycles. The van der Waals surface area contributed by atoms with Crippen LogP contribution in [0, 0.1) is 6.92 Å². The fourth-order valence-electron chi connectivity index (χ4n) is 1.87. The van der Waals surface area contributed by atoms with Crippen LogP contribution >= 0.6 is 24.8 Å². The molecule has 1 aromatic rings. The van der Waals surface area contributed by atoms with E-state index < -0.39 is 0 Å². The molecule has 0 radical (unpaired) electrons. The van der Waals surface area contributed by atoms with E-state index in [9.17, 15) is 4.79 Å². The lowest BCUT2D eigenvalue weighted by Crippen LogP contribution is -2.34. The van der Waals surface area contributed by atoms with Crippen LogP contribution in [-0.2, 0) is 0 Å². The lowest BCUT2D eigenvalue weighted by Gasteiger charge is -2.19. The molecule has 102 valence electrons.